The number of allylic oxidation sites excluding steroid dienone is 4. The van der Waals surface area contributed by atoms with Gasteiger partial charge in [-0.25, -0.2) is 0 Å². The molecule has 0 heterocycles. The molecular weight excluding hydrogens is 184 g/mol. The Kier molecular flexibility index (Phi) is 3.72. The number of nitrogens with zero attached hydrogens (tertiary/aromatic N) is 1. The van der Waals surface area contributed by atoms with Crippen LogP contribution in [0.1, 0.15) is 47.0 Å². The molecule has 2 N–H and O–H groups in total. The maximum absolute atomic E-state index is 5.21. The van der Waals surface area contributed by atoms with E-state index in [1.165, 1.54) is 30.4 Å². The summed E-state index contributed by atoms with van der Waals surface area (Å²) in [5.74, 6) is 5.21. The van der Waals surface area contributed by atoms with Crippen LogP contribution in [0.5, 0.6) is 0 Å². The van der Waals surface area contributed by atoms with Gasteiger partial charge in [-0.1, -0.05) is 25.5 Å². The largest absolute Gasteiger partial charge is 0.323 e. The van der Waals surface area contributed by atoms with Crippen LogP contribution in [0.3, 0.4) is 0 Å². The first-order valence-electron chi connectivity index (χ1n) is 5.60. The molecule has 0 bridgehead atoms. The lowest BCUT2D eigenvalue weighted by atomic mass is 9.72. The first kappa shape index (κ1) is 12.0. The van der Waals surface area contributed by atoms with Crippen LogP contribution < -0.4 is 5.84 Å². The Morgan fingerprint density at radius 2 is 2.13 bits per heavy atom. The first-order chi connectivity index (χ1) is 6.97. The smallest absolute Gasteiger partial charge is 0.0569 e. The second-order valence-electron chi connectivity index (χ2n) is 5.04. The maximum atomic E-state index is 5.21. The molecule has 0 radical (unpaired) electrons. The highest BCUT2D eigenvalue weighted by Gasteiger charge is 2.26. The molecule has 15 heavy (non-hydrogen) atoms. The highest BCUT2D eigenvalue weighted by molar-refractivity contribution is 5.92. The zero-order valence-corrected chi connectivity index (χ0v) is 10.3. The number of nitrogens with two attached hydrogens (primary N) is 1. The van der Waals surface area contributed by atoms with E-state index >= 15 is 0 Å². The lowest BCUT2D eigenvalue weighted by Crippen LogP contribution is -2.19. The fourth-order valence-corrected chi connectivity index (χ4v) is 2.26. The Morgan fingerprint density at radius 3 is 2.67 bits per heavy atom. The standard InChI is InChI=1S/C13H22N2/c1-10-6-5-9-13(3,4)12(10)8-7-11(2)15-14/h7-8H,5-6,9,14H2,1-4H3. The molecule has 0 aromatic heterocycles. The van der Waals surface area contributed by atoms with Gasteiger partial charge in [0.15, 0.2) is 0 Å². The molecule has 0 spiro atoms. The number of hydrazone groups is 1. The summed E-state index contributed by atoms with van der Waals surface area (Å²) in [4.78, 5) is 0. The van der Waals surface area contributed by atoms with Crippen molar-refractivity contribution in [2.75, 3.05) is 0 Å². The summed E-state index contributed by atoms with van der Waals surface area (Å²) < 4.78 is 0. The van der Waals surface area contributed by atoms with Crippen LogP contribution >= 0.6 is 0 Å². The fraction of sp³-hybridized carbons (Fsp3) is 0.615. The van der Waals surface area contributed by atoms with E-state index in [0.717, 1.165) is 5.71 Å². The molecule has 0 aromatic carbocycles. The van der Waals surface area contributed by atoms with Gasteiger partial charge in [-0.3, -0.25) is 0 Å². The topological polar surface area (TPSA) is 38.4 Å². The number of hydrogen-bond acceptors (Lipinski definition) is 2. The molecule has 0 saturated heterocycles. The average Bonchev–Trinajstić information content (AvgIpc) is 2.15. The summed E-state index contributed by atoms with van der Waals surface area (Å²) in [7, 11) is 0. The van der Waals surface area contributed by atoms with Gasteiger partial charge < -0.3 is 5.84 Å². The summed E-state index contributed by atoms with van der Waals surface area (Å²) in [6, 6.07) is 0. The minimum absolute atomic E-state index is 0.299. The second-order valence-corrected chi connectivity index (χ2v) is 5.04. The third kappa shape index (κ3) is 2.95. The summed E-state index contributed by atoms with van der Waals surface area (Å²) in [5.41, 5.74) is 4.13. The van der Waals surface area contributed by atoms with E-state index in [-0.39, 0.29) is 0 Å². The van der Waals surface area contributed by atoms with Crippen molar-refractivity contribution in [1.29, 1.82) is 0 Å². The molecule has 0 saturated carbocycles. The molecule has 1 aliphatic rings. The van der Waals surface area contributed by atoms with Crippen molar-refractivity contribution in [2.45, 2.75) is 47.0 Å². The molecule has 0 amide bonds. The maximum Gasteiger partial charge on any atom is 0.0569 e. The molecule has 0 aliphatic heterocycles. The van der Waals surface area contributed by atoms with Crippen molar-refractivity contribution < 1.29 is 0 Å². The molecule has 2 heteroatoms. The summed E-state index contributed by atoms with van der Waals surface area (Å²) in [6.45, 7) is 8.77. The van der Waals surface area contributed by atoms with E-state index in [1.807, 2.05) is 13.0 Å². The molecule has 0 fully saturated rings. The fourth-order valence-electron chi connectivity index (χ4n) is 2.26. The molecule has 84 valence electrons. The van der Waals surface area contributed by atoms with Gasteiger partial charge in [-0.15, -0.1) is 0 Å². The van der Waals surface area contributed by atoms with E-state index in [1.54, 1.807) is 0 Å². The lowest BCUT2D eigenvalue weighted by Gasteiger charge is -2.32. The third-order valence-corrected chi connectivity index (χ3v) is 3.24. The number of rotatable bonds is 2. The average molecular weight is 206 g/mol. The van der Waals surface area contributed by atoms with Crippen LogP contribution in [0.2, 0.25) is 0 Å². The van der Waals surface area contributed by atoms with Crippen molar-refractivity contribution in [1.82, 2.24) is 0 Å². The molecule has 2 nitrogen and oxygen atoms in total. The zero-order valence-electron chi connectivity index (χ0n) is 10.3. The third-order valence-electron chi connectivity index (χ3n) is 3.24. The molecule has 0 atom stereocenters. The zero-order chi connectivity index (χ0) is 11.5. The van der Waals surface area contributed by atoms with Gasteiger partial charge in [0, 0.05) is 0 Å². The Hall–Kier alpha value is -1.05. The Balaban J connectivity index is 2.95. The summed E-state index contributed by atoms with van der Waals surface area (Å²) in [5, 5.41) is 3.65. The van der Waals surface area contributed by atoms with Gasteiger partial charge in [-0.2, -0.15) is 5.10 Å². The minimum Gasteiger partial charge on any atom is -0.323 e. The molecule has 1 rings (SSSR count). The SMILES string of the molecule is CC(C=CC1=C(C)CCCC1(C)C)=NN. The monoisotopic (exact) mass is 206 g/mol. The van der Waals surface area contributed by atoms with Crippen LogP contribution in [0, 0.1) is 5.41 Å². The predicted molar refractivity (Wildman–Crippen MR) is 66.8 cm³/mol. The van der Waals surface area contributed by atoms with Gasteiger partial charge in [0.2, 0.25) is 0 Å². The van der Waals surface area contributed by atoms with E-state index in [4.69, 9.17) is 5.84 Å². The minimum atomic E-state index is 0.299. The molecule has 0 unspecified atom stereocenters. The van der Waals surface area contributed by atoms with Gasteiger partial charge in [0.05, 0.1) is 5.71 Å². The van der Waals surface area contributed by atoms with Crippen LogP contribution in [0.4, 0.5) is 0 Å². The van der Waals surface area contributed by atoms with Crippen LogP contribution in [0.25, 0.3) is 0 Å². The van der Waals surface area contributed by atoms with E-state index in [9.17, 15) is 0 Å². The van der Waals surface area contributed by atoms with Gasteiger partial charge in [0.1, 0.15) is 0 Å². The molecular formula is C13H22N2. The van der Waals surface area contributed by atoms with E-state index < -0.39 is 0 Å². The van der Waals surface area contributed by atoms with Gasteiger partial charge in [-0.05, 0) is 50.2 Å². The van der Waals surface area contributed by atoms with Gasteiger partial charge in [0.25, 0.3) is 0 Å². The van der Waals surface area contributed by atoms with Crippen molar-refractivity contribution >= 4 is 5.71 Å². The van der Waals surface area contributed by atoms with Crippen molar-refractivity contribution in [2.24, 2.45) is 16.4 Å². The van der Waals surface area contributed by atoms with Crippen LogP contribution in [-0.2, 0) is 0 Å². The summed E-state index contributed by atoms with van der Waals surface area (Å²) >= 11 is 0. The number of hydrogen-bond donors (Lipinski definition) is 1. The van der Waals surface area contributed by atoms with E-state index in [2.05, 4.69) is 31.9 Å². The quantitative estimate of drug-likeness (QED) is 0.420. The van der Waals surface area contributed by atoms with Gasteiger partial charge >= 0.3 is 0 Å². The predicted octanol–water partition coefficient (Wildman–Crippen LogP) is 3.40. The molecule has 0 aromatic rings. The van der Waals surface area contributed by atoms with Crippen LogP contribution in [0.15, 0.2) is 28.4 Å². The van der Waals surface area contributed by atoms with Crippen LogP contribution in [-0.4, -0.2) is 5.71 Å². The second kappa shape index (κ2) is 4.65. The first-order valence-corrected chi connectivity index (χ1v) is 5.60. The summed E-state index contributed by atoms with van der Waals surface area (Å²) in [6.07, 6.45) is 7.98. The van der Waals surface area contributed by atoms with Crippen molar-refractivity contribution in [3.63, 3.8) is 0 Å². The highest BCUT2D eigenvalue weighted by Crippen LogP contribution is 2.40. The molecule has 1 aliphatic carbocycles. The van der Waals surface area contributed by atoms with Crippen molar-refractivity contribution in [3.8, 4) is 0 Å². The van der Waals surface area contributed by atoms with E-state index in [0.29, 0.717) is 5.41 Å². The highest BCUT2D eigenvalue weighted by atomic mass is 15.1. The normalized spacial score (nSPS) is 22.5. The Labute approximate surface area is 92.9 Å². The Bertz CT molecular complexity index is 319. The van der Waals surface area contributed by atoms with Crippen molar-refractivity contribution in [3.05, 3.63) is 23.3 Å². The lowest BCUT2D eigenvalue weighted by molar-refractivity contribution is 0.377. The Morgan fingerprint density at radius 1 is 1.47 bits per heavy atom.